The van der Waals surface area contributed by atoms with Crippen molar-refractivity contribution in [3.8, 4) is 34.1 Å². The van der Waals surface area contributed by atoms with Gasteiger partial charge >= 0.3 is 5.63 Å². The van der Waals surface area contributed by atoms with Crippen molar-refractivity contribution in [3.63, 3.8) is 0 Å². The van der Waals surface area contributed by atoms with Crippen LogP contribution in [0.25, 0.3) is 22.1 Å². The molecule has 122 valence electrons. The number of hydrogen-bond donors (Lipinski definition) is 1. The number of hydrogen-bond acceptors (Lipinski definition) is 6. The first-order chi connectivity index (χ1) is 11.7. The van der Waals surface area contributed by atoms with Crippen LogP contribution in [0, 0.1) is 0 Å². The third kappa shape index (κ3) is 2.23. The molecule has 0 fully saturated rings. The van der Waals surface area contributed by atoms with Crippen molar-refractivity contribution in [3.05, 3.63) is 46.8 Å². The van der Waals surface area contributed by atoms with E-state index in [0.717, 1.165) is 0 Å². The Morgan fingerprint density at radius 2 is 1.83 bits per heavy atom. The maximum absolute atomic E-state index is 12.4. The Hall–Kier alpha value is -3.15. The molecule has 0 saturated heterocycles. The highest BCUT2D eigenvalue weighted by molar-refractivity contribution is 5.91. The van der Waals surface area contributed by atoms with E-state index in [-0.39, 0.29) is 16.9 Å². The lowest BCUT2D eigenvalue weighted by atomic mass is 10.0. The second kappa shape index (κ2) is 5.49. The van der Waals surface area contributed by atoms with Crippen molar-refractivity contribution in [2.75, 3.05) is 20.3 Å². The molecule has 1 N–H and O–H groups in total. The first kappa shape index (κ1) is 14.4. The lowest BCUT2D eigenvalue weighted by Gasteiger charge is -2.19. The van der Waals surface area contributed by atoms with E-state index in [2.05, 4.69) is 0 Å². The molecule has 1 aromatic heterocycles. The molecule has 0 atom stereocenters. The van der Waals surface area contributed by atoms with E-state index in [1.54, 1.807) is 36.4 Å². The van der Waals surface area contributed by atoms with Gasteiger partial charge in [0.25, 0.3) is 0 Å². The van der Waals surface area contributed by atoms with Crippen LogP contribution in [0.15, 0.2) is 45.6 Å². The number of aromatic hydroxyl groups is 1. The van der Waals surface area contributed by atoms with Crippen LogP contribution < -0.4 is 19.8 Å². The summed E-state index contributed by atoms with van der Waals surface area (Å²) < 4.78 is 21.4. The zero-order chi connectivity index (χ0) is 16.7. The summed E-state index contributed by atoms with van der Waals surface area (Å²) >= 11 is 0. The highest BCUT2D eigenvalue weighted by atomic mass is 16.6. The summed E-state index contributed by atoms with van der Waals surface area (Å²) in [5.41, 5.74) is 0.218. The summed E-state index contributed by atoms with van der Waals surface area (Å²) in [5, 5.41) is 11.0. The standard InChI is InChI=1S/C18H14O6/c1-21-11-3-4-12-14(9-11)24-18(20)16(17(12)19)10-2-5-13-15(8-10)23-7-6-22-13/h2-5,8-9,19H,6-7H2,1H3. The normalized spacial score (nSPS) is 13.0. The second-order valence-corrected chi connectivity index (χ2v) is 5.33. The summed E-state index contributed by atoms with van der Waals surface area (Å²) in [6.07, 6.45) is 0. The zero-order valence-electron chi connectivity index (χ0n) is 12.9. The molecule has 0 bridgehead atoms. The molecule has 2 aromatic carbocycles. The summed E-state index contributed by atoms with van der Waals surface area (Å²) in [4.78, 5) is 12.4. The van der Waals surface area contributed by atoms with E-state index in [1.165, 1.54) is 7.11 Å². The Bertz CT molecular complexity index is 989. The van der Waals surface area contributed by atoms with E-state index in [1.807, 2.05) is 0 Å². The fraction of sp³-hybridized carbons (Fsp3) is 0.167. The number of methoxy groups -OCH3 is 1. The maximum Gasteiger partial charge on any atom is 0.347 e. The van der Waals surface area contributed by atoms with Gasteiger partial charge < -0.3 is 23.7 Å². The Morgan fingerprint density at radius 1 is 1.04 bits per heavy atom. The first-order valence-corrected chi connectivity index (χ1v) is 7.41. The monoisotopic (exact) mass is 326 g/mol. The van der Waals surface area contributed by atoms with Crippen molar-refractivity contribution in [1.82, 2.24) is 0 Å². The molecule has 0 unspecified atom stereocenters. The van der Waals surface area contributed by atoms with Gasteiger partial charge in [0, 0.05) is 6.07 Å². The van der Waals surface area contributed by atoms with Crippen molar-refractivity contribution >= 4 is 11.0 Å². The lowest BCUT2D eigenvalue weighted by Crippen LogP contribution is -2.15. The minimum atomic E-state index is -0.634. The lowest BCUT2D eigenvalue weighted by molar-refractivity contribution is 0.171. The highest BCUT2D eigenvalue weighted by Crippen LogP contribution is 2.38. The Labute approximate surface area is 136 Å². The molecule has 3 aromatic rings. The fourth-order valence-electron chi connectivity index (χ4n) is 2.75. The van der Waals surface area contributed by atoms with Crippen LogP contribution in [-0.2, 0) is 0 Å². The average Bonchev–Trinajstić information content (AvgIpc) is 2.61. The van der Waals surface area contributed by atoms with Crippen molar-refractivity contribution in [2.45, 2.75) is 0 Å². The van der Waals surface area contributed by atoms with Crippen LogP contribution in [0.2, 0.25) is 0 Å². The van der Waals surface area contributed by atoms with Crippen LogP contribution in [0.5, 0.6) is 23.0 Å². The molecular formula is C18H14O6. The molecule has 0 saturated carbocycles. The van der Waals surface area contributed by atoms with Crippen LogP contribution in [0.4, 0.5) is 0 Å². The molecule has 6 heteroatoms. The number of rotatable bonds is 2. The van der Waals surface area contributed by atoms with Gasteiger partial charge in [0.05, 0.1) is 12.5 Å². The van der Waals surface area contributed by atoms with Crippen molar-refractivity contribution < 1.29 is 23.7 Å². The molecule has 6 nitrogen and oxygen atoms in total. The predicted molar refractivity (Wildman–Crippen MR) is 87.1 cm³/mol. The number of fused-ring (bicyclic) bond motifs is 2. The van der Waals surface area contributed by atoms with Gasteiger partial charge in [-0.1, -0.05) is 6.07 Å². The summed E-state index contributed by atoms with van der Waals surface area (Å²) in [7, 11) is 1.52. The van der Waals surface area contributed by atoms with Gasteiger partial charge in [0.15, 0.2) is 11.5 Å². The molecule has 0 radical (unpaired) electrons. The summed E-state index contributed by atoms with van der Waals surface area (Å²) in [5.74, 6) is 1.55. The summed E-state index contributed by atoms with van der Waals surface area (Å²) in [6, 6.07) is 9.96. The highest BCUT2D eigenvalue weighted by Gasteiger charge is 2.19. The Kier molecular flexibility index (Phi) is 3.30. The minimum Gasteiger partial charge on any atom is -0.506 e. The van der Waals surface area contributed by atoms with Crippen molar-refractivity contribution in [2.24, 2.45) is 0 Å². The van der Waals surface area contributed by atoms with Gasteiger partial charge in [0.2, 0.25) is 0 Å². The molecule has 1 aliphatic heterocycles. The van der Waals surface area contributed by atoms with Crippen LogP contribution in [0.1, 0.15) is 0 Å². The van der Waals surface area contributed by atoms with Crippen molar-refractivity contribution in [1.29, 1.82) is 0 Å². The van der Waals surface area contributed by atoms with E-state index in [0.29, 0.717) is 41.4 Å². The first-order valence-electron chi connectivity index (χ1n) is 7.41. The third-order valence-corrected chi connectivity index (χ3v) is 3.92. The van der Waals surface area contributed by atoms with E-state index >= 15 is 0 Å². The quantitative estimate of drug-likeness (QED) is 0.730. The molecule has 2 heterocycles. The molecule has 4 rings (SSSR count). The Morgan fingerprint density at radius 3 is 2.62 bits per heavy atom. The number of benzene rings is 2. The van der Waals surface area contributed by atoms with Gasteiger partial charge in [-0.15, -0.1) is 0 Å². The predicted octanol–water partition coefficient (Wildman–Crippen LogP) is 2.95. The topological polar surface area (TPSA) is 78.1 Å². The molecule has 0 aliphatic carbocycles. The molecule has 0 amide bonds. The van der Waals surface area contributed by atoms with Gasteiger partial charge in [-0.05, 0) is 29.8 Å². The zero-order valence-corrected chi connectivity index (χ0v) is 12.9. The van der Waals surface area contributed by atoms with Gasteiger partial charge in [-0.3, -0.25) is 0 Å². The molecule has 0 spiro atoms. The Balaban J connectivity index is 1.92. The van der Waals surface area contributed by atoms with Gasteiger partial charge in [-0.25, -0.2) is 4.79 Å². The van der Waals surface area contributed by atoms with Crippen LogP contribution in [-0.4, -0.2) is 25.4 Å². The molecule has 1 aliphatic rings. The van der Waals surface area contributed by atoms with Gasteiger partial charge in [-0.2, -0.15) is 0 Å². The van der Waals surface area contributed by atoms with E-state index in [4.69, 9.17) is 18.6 Å². The maximum atomic E-state index is 12.4. The summed E-state index contributed by atoms with van der Waals surface area (Å²) in [6.45, 7) is 0.923. The molecule has 24 heavy (non-hydrogen) atoms. The smallest absolute Gasteiger partial charge is 0.347 e. The van der Waals surface area contributed by atoms with E-state index in [9.17, 15) is 9.90 Å². The number of ether oxygens (including phenoxy) is 3. The average molecular weight is 326 g/mol. The van der Waals surface area contributed by atoms with Crippen LogP contribution in [0.3, 0.4) is 0 Å². The van der Waals surface area contributed by atoms with Gasteiger partial charge in [0.1, 0.15) is 35.9 Å². The minimum absolute atomic E-state index is 0.0876. The SMILES string of the molecule is COc1ccc2c(O)c(-c3ccc4c(c3)OCCO4)c(=O)oc2c1. The van der Waals surface area contributed by atoms with Crippen LogP contribution >= 0.6 is 0 Å². The van der Waals surface area contributed by atoms with E-state index < -0.39 is 5.63 Å². The molecular weight excluding hydrogens is 312 g/mol. The largest absolute Gasteiger partial charge is 0.506 e. The third-order valence-electron chi connectivity index (χ3n) is 3.92. The second-order valence-electron chi connectivity index (χ2n) is 5.33. The fourth-order valence-corrected chi connectivity index (χ4v) is 2.75.